The number of para-hydroxylation sites is 4. The smallest absolute Gasteiger partial charge is 0.0541 e. The van der Waals surface area contributed by atoms with Crippen molar-refractivity contribution < 1.29 is 0 Å². The van der Waals surface area contributed by atoms with Gasteiger partial charge in [-0.2, -0.15) is 0 Å². The molecule has 250 valence electrons. The minimum Gasteiger partial charge on any atom is -0.309 e. The Bertz CT molecular complexity index is 2790. The summed E-state index contributed by atoms with van der Waals surface area (Å²) < 4.78 is 0. The zero-order chi connectivity index (χ0) is 35.3. The minimum atomic E-state index is 1.18. The van der Waals surface area contributed by atoms with E-state index >= 15 is 0 Å². The summed E-state index contributed by atoms with van der Waals surface area (Å²) in [6, 6.07) is 71.8. The third kappa shape index (κ3) is 4.00. The Labute approximate surface area is 313 Å². The van der Waals surface area contributed by atoms with E-state index < -0.39 is 0 Å². The first-order chi connectivity index (χ1) is 26.8. The van der Waals surface area contributed by atoms with Crippen LogP contribution in [0.15, 0.2) is 194 Å². The van der Waals surface area contributed by atoms with Gasteiger partial charge in [-0.25, -0.2) is 0 Å². The number of rotatable bonds is 2. The van der Waals surface area contributed by atoms with Crippen molar-refractivity contribution in [1.82, 2.24) is 0 Å². The molecule has 2 heteroatoms. The van der Waals surface area contributed by atoms with Crippen LogP contribution < -0.4 is 9.80 Å². The molecule has 12 rings (SSSR count). The number of nitrogens with zero attached hydrogens (tertiary/aromatic N) is 2. The average Bonchev–Trinajstić information content (AvgIpc) is 3.45. The molecule has 54 heavy (non-hydrogen) atoms. The third-order valence-electron chi connectivity index (χ3n) is 11.7. The molecule has 0 saturated heterocycles. The molecule has 0 amide bonds. The van der Waals surface area contributed by atoms with Gasteiger partial charge >= 0.3 is 0 Å². The maximum Gasteiger partial charge on any atom is 0.0541 e. The van der Waals surface area contributed by atoms with Gasteiger partial charge in [-0.1, -0.05) is 158 Å². The van der Waals surface area contributed by atoms with Crippen molar-refractivity contribution in [3.63, 3.8) is 0 Å². The molecular weight excluding hydrogens is 653 g/mol. The lowest BCUT2D eigenvalue weighted by molar-refractivity contribution is 1.31. The standard InChI is InChI=1S/C52H32N2/c1-2-14-36-35(13-1)39-17-5-9-21-45(39)53(46-22-10-6-18-40(36)46)49-31-27-33-26-30-44-50(32-28-34-25-29-43(49)51(33)52(34)44)54-47-23-11-7-19-41(47)37-15-3-4-16-38(37)42-20-8-12-24-48(42)54/h1-32H. The molecule has 0 fully saturated rings. The molecule has 0 radical (unpaired) electrons. The predicted molar refractivity (Wildman–Crippen MR) is 228 cm³/mol. The molecule has 0 unspecified atom stereocenters. The summed E-state index contributed by atoms with van der Waals surface area (Å²) in [6.45, 7) is 0. The van der Waals surface area contributed by atoms with Crippen LogP contribution in [0.2, 0.25) is 0 Å². The highest BCUT2D eigenvalue weighted by Crippen LogP contribution is 2.55. The molecule has 0 bridgehead atoms. The Balaban J connectivity index is 1.15. The van der Waals surface area contributed by atoms with E-state index in [1.807, 2.05) is 0 Å². The molecule has 0 aliphatic carbocycles. The minimum absolute atomic E-state index is 1.18. The van der Waals surface area contributed by atoms with E-state index in [1.165, 1.54) is 111 Å². The van der Waals surface area contributed by atoms with E-state index in [2.05, 4.69) is 204 Å². The van der Waals surface area contributed by atoms with Crippen LogP contribution in [-0.2, 0) is 0 Å². The number of hydrogen-bond acceptors (Lipinski definition) is 2. The van der Waals surface area contributed by atoms with Crippen LogP contribution in [0.5, 0.6) is 0 Å². The van der Waals surface area contributed by atoms with E-state index in [-0.39, 0.29) is 0 Å². The molecular formula is C52H32N2. The molecule has 0 aromatic heterocycles. The van der Waals surface area contributed by atoms with Crippen molar-refractivity contribution in [1.29, 1.82) is 0 Å². The number of hydrogen-bond donors (Lipinski definition) is 0. The van der Waals surface area contributed by atoms with Crippen LogP contribution in [0.4, 0.5) is 34.1 Å². The fourth-order valence-electron chi connectivity index (χ4n) is 9.43. The van der Waals surface area contributed by atoms with Crippen LogP contribution >= 0.6 is 0 Å². The third-order valence-corrected chi connectivity index (χ3v) is 11.7. The summed E-state index contributed by atoms with van der Waals surface area (Å²) in [7, 11) is 0. The van der Waals surface area contributed by atoms with Crippen LogP contribution in [0.25, 0.3) is 76.8 Å². The maximum atomic E-state index is 2.50. The fraction of sp³-hybridized carbons (Fsp3) is 0. The lowest BCUT2D eigenvalue weighted by atomic mass is 9.91. The van der Waals surface area contributed by atoms with E-state index in [4.69, 9.17) is 0 Å². The van der Waals surface area contributed by atoms with E-state index in [0.717, 1.165) is 0 Å². The van der Waals surface area contributed by atoms with Gasteiger partial charge in [-0.3, -0.25) is 0 Å². The Kier molecular flexibility index (Phi) is 6.09. The molecule has 10 aromatic carbocycles. The van der Waals surface area contributed by atoms with Gasteiger partial charge in [0.1, 0.15) is 0 Å². The van der Waals surface area contributed by atoms with Gasteiger partial charge in [-0.15, -0.1) is 0 Å². The zero-order valence-corrected chi connectivity index (χ0v) is 29.4. The average molecular weight is 685 g/mol. The molecule has 0 spiro atoms. The summed E-state index contributed by atoms with van der Waals surface area (Å²) in [5.74, 6) is 0. The van der Waals surface area contributed by atoms with Gasteiger partial charge in [0.25, 0.3) is 0 Å². The van der Waals surface area contributed by atoms with Crippen molar-refractivity contribution in [3.05, 3.63) is 194 Å². The highest BCUT2D eigenvalue weighted by Gasteiger charge is 2.29. The van der Waals surface area contributed by atoms with Crippen LogP contribution in [-0.4, -0.2) is 0 Å². The Morgan fingerprint density at radius 2 is 0.463 bits per heavy atom. The van der Waals surface area contributed by atoms with Gasteiger partial charge < -0.3 is 9.80 Å². The molecule has 0 atom stereocenters. The highest BCUT2D eigenvalue weighted by molar-refractivity contribution is 6.28. The number of fused-ring (bicyclic) bond motifs is 10. The van der Waals surface area contributed by atoms with Crippen LogP contribution in [0.3, 0.4) is 0 Å². The molecule has 2 aliphatic rings. The monoisotopic (exact) mass is 684 g/mol. The van der Waals surface area contributed by atoms with Gasteiger partial charge in [0.05, 0.1) is 34.1 Å². The SMILES string of the molecule is c1ccc2c(c1)-c1ccccc1N(c1ccc3ccc4c(N5c6ccccc6-c6ccccc6-c6ccccc65)ccc5ccc1c3c54)c1ccccc1-2. The summed E-state index contributed by atoms with van der Waals surface area (Å²) in [4.78, 5) is 4.99. The van der Waals surface area contributed by atoms with Crippen LogP contribution in [0, 0.1) is 0 Å². The maximum absolute atomic E-state index is 2.50. The molecule has 2 nitrogen and oxygen atoms in total. The normalized spacial score (nSPS) is 12.7. The van der Waals surface area contributed by atoms with E-state index in [1.54, 1.807) is 0 Å². The van der Waals surface area contributed by atoms with Gasteiger partial charge in [0.2, 0.25) is 0 Å². The van der Waals surface area contributed by atoms with Crippen molar-refractivity contribution in [2.75, 3.05) is 9.80 Å². The number of anilines is 6. The summed E-state index contributed by atoms with van der Waals surface area (Å²) in [5.41, 5.74) is 17.0. The summed E-state index contributed by atoms with van der Waals surface area (Å²) in [5, 5.41) is 7.55. The second-order valence-electron chi connectivity index (χ2n) is 14.4. The highest BCUT2D eigenvalue weighted by atomic mass is 15.2. The van der Waals surface area contributed by atoms with Crippen molar-refractivity contribution in [3.8, 4) is 44.5 Å². The Hall–Kier alpha value is -7.16. The Morgan fingerprint density at radius 1 is 0.204 bits per heavy atom. The zero-order valence-electron chi connectivity index (χ0n) is 29.4. The second-order valence-corrected chi connectivity index (χ2v) is 14.4. The van der Waals surface area contributed by atoms with Crippen molar-refractivity contribution in [2.24, 2.45) is 0 Å². The topological polar surface area (TPSA) is 6.48 Å². The van der Waals surface area contributed by atoms with Crippen molar-refractivity contribution >= 4 is 66.4 Å². The molecule has 2 aliphatic heterocycles. The predicted octanol–water partition coefficient (Wildman–Crippen LogP) is 14.8. The molecule has 10 aromatic rings. The first-order valence-electron chi connectivity index (χ1n) is 18.7. The Morgan fingerprint density at radius 3 is 0.778 bits per heavy atom. The second kappa shape index (κ2) is 11.2. The fourth-order valence-corrected chi connectivity index (χ4v) is 9.43. The van der Waals surface area contributed by atoms with Gasteiger partial charge in [0, 0.05) is 33.0 Å². The first-order valence-corrected chi connectivity index (χ1v) is 18.7. The van der Waals surface area contributed by atoms with Gasteiger partial charge in [0.15, 0.2) is 0 Å². The quantitative estimate of drug-likeness (QED) is 0.167. The van der Waals surface area contributed by atoms with Crippen LogP contribution in [0.1, 0.15) is 0 Å². The lowest BCUT2D eigenvalue weighted by Crippen LogP contribution is -2.12. The summed E-state index contributed by atoms with van der Waals surface area (Å²) >= 11 is 0. The van der Waals surface area contributed by atoms with E-state index in [9.17, 15) is 0 Å². The number of benzene rings is 10. The molecule has 0 N–H and O–H groups in total. The molecule has 2 heterocycles. The lowest BCUT2D eigenvalue weighted by Gasteiger charge is -2.30. The van der Waals surface area contributed by atoms with Gasteiger partial charge in [-0.05, 0) is 80.2 Å². The first kappa shape index (κ1) is 29.4. The van der Waals surface area contributed by atoms with Crippen molar-refractivity contribution in [2.45, 2.75) is 0 Å². The summed E-state index contributed by atoms with van der Waals surface area (Å²) in [6.07, 6.45) is 0. The molecule has 0 saturated carbocycles. The van der Waals surface area contributed by atoms with E-state index in [0.29, 0.717) is 0 Å². The largest absolute Gasteiger partial charge is 0.309 e.